The largest absolute Gasteiger partial charge is 0.467 e. The summed E-state index contributed by atoms with van der Waals surface area (Å²) in [4.78, 5) is 24.7. The molecule has 3 aromatic rings. The summed E-state index contributed by atoms with van der Waals surface area (Å²) in [6.07, 6.45) is 3.02. The Morgan fingerprint density at radius 1 is 0.931 bits per heavy atom. The summed E-state index contributed by atoms with van der Waals surface area (Å²) in [5.41, 5.74) is 1.46. The maximum absolute atomic E-state index is 13.2. The van der Waals surface area contributed by atoms with Crippen LogP contribution in [0.25, 0.3) is 0 Å². The minimum Gasteiger partial charge on any atom is -0.467 e. The molecule has 0 saturated heterocycles. The average Bonchev–Trinajstić information content (AvgIpc) is 3.37. The van der Waals surface area contributed by atoms with Gasteiger partial charge in [-0.15, -0.1) is 0 Å². The Hall–Kier alpha value is -3.61. The van der Waals surface area contributed by atoms with Gasteiger partial charge in [0.1, 0.15) is 11.6 Å². The van der Waals surface area contributed by atoms with Gasteiger partial charge in [-0.1, -0.05) is 12.1 Å². The molecule has 4 rings (SSSR count). The molecule has 1 heterocycles. The Bertz CT molecular complexity index is 995. The zero-order chi connectivity index (χ0) is 20.3. The van der Waals surface area contributed by atoms with Crippen molar-refractivity contribution < 1.29 is 18.4 Å². The van der Waals surface area contributed by atoms with E-state index in [-0.39, 0.29) is 17.8 Å². The molecule has 148 valence electrons. The van der Waals surface area contributed by atoms with E-state index in [0.717, 1.165) is 18.4 Å². The van der Waals surface area contributed by atoms with E-state index >= 15 is 0 Å². The van der Waals surface area contributed by atoms with Crippen LogP contribution in [0.5, 0.6) is 0 Å². The number of carbonyl (C=O) groups excluding carboxylic acids is 2. The number of nitrogens with one attached hydrogen (secondary N) is 3. The van der Waals surface area contributed by atoms with Crippen LogP contribution in [0.15, 0.2) is 71.3 Å². The van der Waals surface area contributed by atoms with Crippen LogP contribution < -0.4 is 16.0 Å². The summed E-state index contributed by atoms with van der Waals surface area (Å²) in [6.45, 7) is 0.290. The number of amides is 3. The molecule has 0 bridgehead atoms. The van der Waals surface area contributed by atoms with Crippen molar-refractivity contribution in [1.82, 2.24) is 5.32 Å². The molecule has 7 heteroatoms. The third-order valence-electron chi connectivity index (χ3n) is 4.99. The van der Waals surface area contributed by atoms with E-state index in [9.17, 15) is 14.0 Å². The van der Waals surface area contributed by atoms with Crippen LogP contribution in [0.1, 0.15) is 24.2 Å². The topological polar surface area (TPSA) is 83.4 Å². The number of urea groups is 1. The molecule has 29 heavy (non-hydrogen) atoms. The van der Waals surface area contributed by atoms with Crippen LogP contribution in [0.4, 0.5) is 20.6 Å². The highest BCUT2D eigenvalue weighted by Crippen LogP contribution is 2.49. The van der Waals surface area contributed by atoms with Crippen molar-refractivity contribution in [3.05, 3.63) is 84.1 Å². The van der Waals surface area contributed by atoms with Gasteiger partial charge in [-0.05, 0) is 66.9 Å². The molecular formula is C22H20FN3O3. The Morgan fingerprint density at radius 3 is 2.17 bits per heavy atom. The van der Waals surface area contributed by atoms with Gasteiger partial charge >= 0.3 is 6.03 Å². The standard InChI is InChI=1S/C22H20FN3O3/c23-16-5-3-15(4-6-16)22(11-12-22)20(27)25-17-7-9-18(10-8-17)26-21(28)24-14-19-2-1-13-29-19/h1-10,13H,11-12,14H2,(H,25,27)(H2,24,26,28). The Balaban J connectivity index is 1.32. The van der Waals surface area contributed by atoms with Crippen LogP contribution in [0.3, 0.4) is 0 Å². The van der Waals surface area contributed by atoms with Gasteiger partial charge in [-0.3, -0.25) is 4.79 Å². The third-order valence-corrected chi connectivity index (χ3v) is 4.99. The minimum atomic E-state index is -0.587. The number of rotatable bonds is 6. The van der Waals surface area contributed by atoms with E-state index in [2.05, 4.69) is 16.0 Å². The van der Waals surface area contributed by atoms with Crippen LogP contribution >= 0.6 is 0 Å². The van der Waals surface area contributed by atoms with Gasteiger partial charge < -0.3 is 20.4 Å². The number of hydrogen-bond acceptors (Lipinski definition) is 3. The summed E-state index contributed by atoms with van der Waals surface area (Å²) in [7, 11) is 0. The number of hydrogen-bond donors (Lipinski definition) is 3. The lowest BCUT2D eigenvalue weighted by Crippen LogP contribution is -2.28. The second kappa shape index (κ2) is 7.79. The van der Waals surface area contributed by atoms with Crippen molar-refractivity contribution in [3.8, 4) is 0 Å². The van der Waals surface area contributed by atoms with Gasteiger partial charge in [0.25, 0.3) is 0 Å². The number of anilines is 2. The third kappa shape index (κ3) is 4.29. The first-order chi connectivity index (χ1) is 14.0. The van der Waals surface area contributed by atoms with E-state index in [1.807, 2.05) is 0 Å². The molecule has 1 aliphatic rings. The molecule has 0 radical (unpaired) electrons. The van der Waals surface area contributed by atoms with Crippen molar-refractivity contribution in [1.29, 1.82) is 0 Å². The summed E-state index contributed by atoms with van der Waals surface area (Å²) >= 11 is 0. The van der Waals surface area contributed by atoms with Crippen molar-refractivity contribution >= 4 is 23.3 Å². The molecule has 2 aromatic carbocycles. The maximum Gasteiger partial charge on any atom is 0.319 e. The Kier molecular flexibility index (Phi) is 5.03. The fraction of sp³-hybridized carbons (Fsp3) is 0.182. The molecule has 1 aromatic heterocycles. The minimum absolute atomic E-state index is 0.110. The first-order valence-electron chi connectivity index (χ1n) is 9.30. The predicted octanol–water partition coefficient (Wildman–Crippen LogP) is 4.41. The van der Waals surface area contributed by atoms with Gasteiger partial charge in [0.15, 0.2) is 0 Å². The molecule has 1 aliphatic carbocycles. The maximum atomic E-state index is 13.2. The fourth-order valence-electron chi connectivity index (χ4n) is 3.18. The van der Waals surface area contributed by atoms with Crippen molar-refractivity contribution in [2.45, 2.75) is 24.8 Å². The Morgan fingerprint density at radius 2 is 1.59 bits per heavy atom. The summed E-state index contributed by atoms with van der Waals surface area (Å²) in [5, 5.41) is 8.32. The van der Waals surface area contributed by atoms with E-state index in [1.54, 1.807) is 54.8 Å². The summed E-state index contributed by atoms with van der Waals surface area (Å²) in [6, 6.07) is 16.1. The molecule has 3 amide bonds. The highest BCUT2D eigenvalue weighted by molar-refractivity contribution is 6.01. The monoisotopic (exact) mass is 393 g/mol. The van der Waals surface area contributed by atoms with E-state index < -0.39 is 5.41 Å². The normalized spacial score (nSPS) is 14.1. The SMILES string of the molecule is O=C(NCc1ccco1)Nc1ccc(NC(=O)C2(c3ccc(F)cc3)CC2)cc1. The van der Waals surface area contributed by atoms with Crippen LogP contribution in [-0.4, -0.2) is 11.9 Å². The molecule has 0 unspecified atom stereocenters. The lowest BCUT2D eigenvalue weighted by molar-refractivity contribution is -0.118. The number of halogens is 1. The highest BCUT2D eigenvalue weighted by Gasteiger charge is 2.51. The second-order valence-electron chi connectivity index (χ2n) is 7.01. The zero-order valence-corrected chi connectivity index (χ0v) is 15.6. The Labute approximate surface area is 167 Å². The summed E-state index contributed by atoms with van der Waals surface area (Å²) < 4.78 is 18.3. The van der Waals surface area contributed by atoms with E-state index in [1.165, 1.54) is 12.1 Å². The second-order valence-corrected chi connectivity index (χ2v) is 7.01. The molecule has 0 aliphatic heterocycles. The predicted molar refractivity (Wildman–Crippen MR) is 107 cm³/mol. The van der Waals surface area contributed by atoms with E-state index in [4.69, 9.17) is 4.42 Å². The number of carbonyl (C=O) groups is 2. The first kappa shape index (κ1) is 18.7. The van der Waals surface area contributed by atoms with E-state index in [0.29, 0.717) is 23.7 Å². The molecule has 0 atom stereocenters. The van der Waals surface area contributed by atoms with Gasteiger partial charge in [0.05, 0.1) is 18.2 Å². The van der Waals surface area contributed by atoms with Gasteiger partial charge in [-0.25, -0.2) is 9.18 Å². The van der Waals surface area contributed by atoms with Gasteiger partial charge in [-0.2, -0.15) is 0 Å². The van der Waals surface area contributed by atoms with Crippen molar-refractivity contribution in [3.63, 3.8) is 0 Å². The molecular weight excluding hydrogens is 373 g/mol. The molecule has 6 nitrogen and oxygen atoms in total. The fourth-order valence-corrected chi connectivity index (χ4v) is 3.18. The molecule has 1 saturated carbocycles. The lowest BCUT2D eigenvalue weighted by atomic mass is 9.95. The van der Waals surface area contributed by atoms with Crippen LogP contribution in [0, 0.1) is 5.82 Å². The first-order valence-corrected chi connectivity index (χ1v) is 9.30. The van der Waals surface area contributed by atoms with Gasteiger partial charge in [0.2, 0.25) is 5.91 Å². The van der Waals surface area contributed by atoms with Crippen LogP contribution in [0.2, 0.25) is 0 Å². The molecule has 1 fully saturated rings. The smallest absolute Gasteiger partial charge is 0.319 e. The summed E-state index contributed by atoms with van der Waals surface area (Å²) in [5.74, 6) is 0.232. The average molecular weight is 393 g/mol. The highest BCUT2D eigenvalue weighted by atomic mass is 19.1. The zero-order valence-electron chi connectivity index (χ0n) is 15.6. The lowest BCUT2D eigenvalue weighted by Gasteiger charge is -2.16. The molecule has 0 spiro atoms. The van der Waals surface area contributed by atoms with Crippen molar-refractivity contribution in [2.75, 3.05) is 10.6 Å². The van der Waals surface area contributed by atoms with Gasteiger partial charge in [0, 0.05) is 11.4 Å². The van der Waals surface area contributed by atoms with Crippen molar-refractivity contribution in [2.24, 2.45) is 0 Å². The quantitative estimate of drug-likeness (QED) is 0.580. The molecule has 3 N–H and O–H groups in total. The number of furan rings is 1. The number of benzene rings is 2. The van der Waals surface area contributed by atoms with Crippen LogP contribution in [-0.2, 0) is 16.8 Å².